The third kappa shape index (κ3) is 1.73. The molecule has 1 aromatic carbocycles. The molecule has 1 unspecified atom stereocenters. The normalized spacial score (nSPS) is 20.7. The molecule has 1 fully saturated rings. The second kappa shape index (κ2) is 4.64. The van der Waals surface area contributed by atoms with Crippen LogP contribution < -0.4 is 10.2 Å². The number of aromatic nitrogens is 1. The zero-order valence-corrected chi connectivity index (χ0v) is 13.2. The van der Waals surface area contributed by atoms with E-state index in [1.54, 1.807) is 17.2 Å². The van der Waals surface area contributed by atoms with Gasteiger partial charge in [0.1, 0.15) is 10.6 Å². The van der Waals surface area contributed by atoms with Crippen molar-refractivity contribution in [2.24, 2.45) is 0 Å². The van der Waals surface area contributed by atoms with Crippen molar-refractivity contribution in [2.75, 3.05) is 4.90 Å². The van der Waals surface area contributed by atoms with Crippen LogP contribution in [-0.2, 0) is 4.79 Å². The lowest BCUT2D eigenvalue weighted by molar-refractivity contribution is -0.122. The maximum absolute atomic E-state index is 12.8. The van der Waals surface area contributed by atoms with Gasteiger partial charge in [-0.15, -0.1) is 0 Å². The van der Waals surface area contributed by atoms with Crippen molar-refractivity contribution in [3.63, 3.8) is 0 Å². The van der Waals surface area contributed by atoms with Gasteiger partial charge >= 0.3 is 0 Å². The highest BCUT2D eigenvalue weighted by Crippen LogP contribution is 2.41. The second-order valence-electron chi connectivity index (χ2n) is 5.48. The Morgan fingerprint density at radius 3 is 2.95 bits per heavy atom. The van der Waals surface area contributed by atoms with Crippen molar-refractivity contribution in [3.8, 4) is 0 Å². The van der Waals surface area contributed by atoms with Gasteiger partial charge in [0, 0.05) is 16.5 Å². The number of piperidine rings is 1. The first kappa shape index (κ1) is 13.5. The molecule has 6 heteroatoms. The fraction of sp³-hybridized carbons (Fsp3) is 0.188. The highest BCUT2D eigenvalue weighted by Gasteiger charge is 2.40. The van der Waals surface area contributed by atoms with Gasteiger partial charge in [-0.3, -0.25) is 14.5 Å². The third-order valence-electron chi connectivity index (χ3n) is 4.19. The lowest BCUT2D eigenvalue weighted by Gasteiger charge is -2.31. The molecule has 22 heavy (non-hydrogen) atoms. The Balaban J connectivity index is 1.89. The molecule has 5 nitrogen and oxygen atoms in total. The number of rotatable bonds is 1. The van der Waals surface area contributed by atoms with Crippen LogP contribution in [0.3, 0.4) is 0 Å². The summed E-state index contributed by atoms with van der Waals surface area (Å²) in [7, 11) is 0. The quantitative estimate of drug-likeness (QED) is 0.798. The molecule has 1 N–H and O–H groups in total. The lowest BCUT2D eigenvalue weighted by Crippen LogP contribution is -2.51. The topological polar surface area (TPSA) is 62.3 Å². The monoisotopic (exact) mass is 357 g/mol. The van der Waals surface area contributed by atoms with Crippen LogP contribution in [0, 0.1) is 0 Å². The van der Waals surface area contributed by atoms with Crippen molar-refractivity contribution in [2.45, 2.75) is 18.9 Å². The molecule has 0 bridgehead atoms. The Morgan fingerprint density at radius 1 is 1.36 bits per heavy atom. The standard InChI is InChI=1S/C16H12BrN3O2/c1-8-5-6-11(15(21)19-8)20-12-7-18-14(17)9-3-2-4-10(13(9)12)16(20)22/h2-4,7,11H,1,5-6H2,(H,19,21). The van der Waals surface area contributed by atoms with Crippen molar-refractivity contribution in [3.05, 3.63) is 46.8 Å². The molecule has 0 aliphatic carbocycles. The van der Waals surface area contributed by atoms with E-state index in [0.29, 0.717) is 34.4 Å². The maximum atomic E-state index is 12.8. The van der Waals surface area contributed by atoms with Crippen molar-refractivity contribution >= 4 is 44.2 Å². The minimum Gasteiger partial charge on any atom is -0.329 e. The zero-order chi connectivity index (χ0) is 15.4. The largest absolute Gasteiger partial charge is 0.329 e. The van der Waals surface area contributed by atoms with Gasteiger partial charge in [-0.2, -0.15) is 0 Å². The van der Waals surface area contributed by atoms with Crippen molar-refractivity contribution in [1.29, 1.82) is 0 Å². The summed E-state index contributed by atoms with van der Waals surface area (Å²) in [6.45, 7) is 3.78. The first-order valence-corrected chi connectivity index (χ1v) is 7.76. The van der Waals surface area contributed by atoms with Crippen LogP contribution in [0.5, 0.6) is 0 Å². The van der Waals surface area contributed by atoms with Gasteiger partial charge in [-0.25, -0.2) is 4.98 Å². The second-order valence-corrected chi connectivity index (χ2v) is 6.24. The molecule has 4 rings (SSSR count). The van der Waals surface area contributed by atoms with Crippen LogP contribution in [0.25, 0.3) is 10.8 Å². The highest BCUT2D eigenvalue weighted by atomic mass is 79.9. The molecule has 0 spiro atoms. The van der Waals surface area contributed by atoms with Gasteiger partial charge in [-0.05, 0) is 34.8 Å². The molecular formula is C16H12BrN3O2. The Morgan fingerprint density at radius 2 is 2.18 bits per heavy atom. The molecule has 2 aromatic rings. The van der Waals surface area contributed by atoms with E-state index in [9.17, 15) is 9.59 Å². The van der Waals surface area contributed by atoms with Gasteiger partial charge in [0.05, 0.1) is 17.4 Å². The van der Waals surface area contributed by atoms with E-state index in [0.717, 1.165) is 10.8 Å². The van der Waals surface area contributed by atoms with E-state index < -0.39 is 6.04 Å². The summed E-state index contributed by atoms with van der Waals surface area (Å²) < 4.78 is 0.698. The average molecular weight is 358 g/mol. The van der Waals surface area contributed by atoms with E-state index >= 15 is 0 Å². The minimum absolute atomic E-state index is 0.145. The van der Waals surface area contributed by atoms with Crippen LogP contribution >= 0.6 is 15.9 Å². The van der Waals surface area contributed by atoms with Gasteiger partial charge in [0.2, 0.25) is 5.91 Å². The van der Waals surface area contributed by atoms with Crippen molar-refractivity contribution in [1.82, 2.24) is 10.3 Å². The highest BCUT2D eigenvalue weighted by molar-refractivity contribution is 9.10. The summed E-state index contributed by atoms with van der Waals surface area (Å²) in [5.41, 5.74) is 2.02. The number of hydrogen-bond acceptors (Lipinski definition) is 3. The number of pyridine rings is 1. The zero-order valence-electron chi connectivity index (χ0n) is 11.6. The van der Waals surface area contributed by atoms with E-state index in [-0.39, 0.29) is 11.8 Å². The van der Waals surface area contributed by atoms with E-state index in [2.05, 4.69) is 32.8 Å². The number of carbonyl (C=O) groups excluding carboxylic acids is 2. The summed E-state index contributed by atoms with van der Waals surface area (Å²) in [6.07, 6.45) is 2.89. The van der Waals surface area contributed by atoms with E-state index in [4.69, 9.17) is 0 Å². The molecule has 2 aliphatic heterocycles. The van der Waals surface area contributed by atoms with Gasteiger partial charge in [-0.1, -0.05) is 18.7 Å². The SMILES string of the molecule is C=C1CCC(N2C(=O)c3cccc4c(Br)ncc2c34)C(=O)N1. The number of anilines is 1. The predicted molar refractivity (Wildman–Crippen MR) is 86.6 cm³/mol. The Hall–Kier alpha value is -2.21. The summed E-state index contributed by atoms with van der Waals surface area (Å²) in [5.74, 6) is -0.332. The van der Waals surface area contributed by atoms with E-state index in [1.165, 1.54) is 0 Å². The fourth-order valence-corrected chi connectivity index (χ4v) is 3.60. The number of amides is 2. The molecule has 2 aliphatic rings. The Bertz CT molecular complexity index is 862. The lowest BCUT2D eigenvalue weighted by atomic mass is 10.0. The van der Waals surface area contributed by atoms with Crippen LogP contribution in [0.1, 0.15) is 23.2 Å². The van der Waals surface area contributed by atoms with Crippen LogP contribution in [0.15, 0.2) is 41.3 Å². The number of benzene rings is 1. The first-order chi connectivity index (χ1) is 10.6. The minimum atomic E-state index is -0.517. The van der Waals surface area contributed by atoms with Gasteiger partial charge in [0.15, 0.2) is 0 Å². The van der Waals surface area contributed by atoms with Crippen LogP contribution in [0.4, 0.5) is 5.69 Å². The van der Waals surface area contributed by atoms with Gasteiger partial charge in [0.25, 0.3) is 5.91 Å². The summed E-state index contributed by atoms with van der Waals surface area (Å²) >= 11 is 3.42. The molecule has 110 valence electrons. The van der Waals surface area contributed by atoms with Crippen LogP contribution in [-0.4, -0.2) is 22.8 Å². The number of halogens is 1. The van der Waals surface area contributed by atoms with Gasteiger partial charge < -0.3 is 5.32 Å². The predicted octanol–water partition coefficient (Wildman–Crippen LogP) is 2.75. The third-order valence-corrected chi connectivity index (χ3v) is 4.82. The molecule has 1 saturated heterocycles. The van der Waals surface area contributed by atoms with Crippen LogP contribution in [0.2, 0.25) is 0 Å². The Kier molecular flexibility index (Phi) is 2.84. The summed E-state index contributed by atoms with van der Waals surface area (Å²) in [4.78, 5) is 30.9. The fourth-order valence-electron chi connectivity index (χ4n) is 3.17. The molecule has 3 heterocycles. The molecule has 1 aromatic heterocycles. The molecule has 0 saturated carbocycles. The number of hydrogen-bond donors (Lipinski definition) is 1. The maximum Gasteiger partial charge on any atom is 0.259 e. The Labute approximate surface area is 135 Å². The first-order valence-electron chi connectivity index (χ1n) is 6.97. The summed E-state index contributed by atoms with van der Waals surface area (Å²) in [5, 5.41) is 4.47. The average Bonchev–Trinajstić information content (AvgIpc) is 2.78. The smallest absolute Gasteiger partial charge is 0.259 e. The molecular weight excluding hydrogens is 346 g/mol. The molecule has 2 amide bonds. The number of allylic oxidation sites excluding steroid dienone is 1. The number of carbonyl (C=O) groups is 2. The molecule has 0 radical (unpaired) electrons. The summed E-state index contributed by atoms with van der Waals surface area (Å²) in [6, 6.07) is 5.02. The molecule has 1 atom stereocenters. The number of nitrogens with one attached hydrogen (secondary N) is 1. The number of nitrogens with zero attached hydrogens (tertiary/aromatic N) is 2. The van der Waals surface area contributed by atoms with E-state index in [1.807, 2.05) is 12.1 Å². The van der Waals surface area contributed by atoms with Crippen molar-refractivity contribution < 1.29 is 9.59 Å².